The van der Waals surface area contributed by atoms with Gasteiger partial charge in [-0.3, -0.25) is 0 Å². The van der Waals surface area contributed by atoms with E-state index in [-0.39, 0.29) is 6.61 Å². The molecule has 29 heavy (non-hydrogen) atoms. The lowest BCUT2D eigenvalue weighted by atomic mass is 10.1. The van der Waals surface area contributed by atoms with Crippen LogP contribution in [0.15, 0.2) is 42.7 Å². The van der Waals surface area contributed by atoms with Gasteiger partial charge in [-0.2, -0.15) is 0 Å². The number of anilines is 2. The Bertz CT molecular complexity index is 1140. The average molecular weight is 449 g/mol. The zero-order chi connectivity index (χ0) is 20.4. The van der Waals surface area contributed by atoms with Crippen LogP contribution in [0.4, 0.5) is 15.9 Å². The first-order valence-electron chi connectivity index (χ1n) is 8.67. The quantitative estimate of drug-likeness (QED) is 0.396. The molecule has 0 amide bonds. The van der Waals surface area contributed by atoms with E-state index in [1.807, 2.05) is 0 Å². The number of nitrogens with zero attached hydrogens (tertiary/aromatic N) is 3. The number of hydrogen-bond donors (Lipinski definition) is 2. The van der Waals surface area contributed by atoms with Gasteiger partial charge in [-0.05, 0) is 41.0 Å². The largest absolute Gasteiger partial charge is 0.392 e. The van der Waals surface area contributed by atoms with Crippen LogP contribution in [0, 0.1) is 0 Å². The van der Waals surface area contributed by atoms with Crippen LogP contribution >= 0.6 is 34.5 Å². The number of thiazole rings is 1. The number of aromatic nitrogens is 3. The van der Waals surface area contributed by atoms with Crippen molar-refractivity contribution in [3.63, 3.8) is 0 Å². The Balaban J connectivity index is 1.64. The Kier molecular flexibility index (Phi) is 5.91. The van der Waals surface area contributed by atoms with Crippen LogP contribution in [-0.2, 0) is 19.7 Å². The maximum Gasteiger partial charge on any atom is 0.161 e. The third-order valence-corrected chi connectivity index (χ3v) is 5.96. The van der Waals surface area contributed by atoms with Crippen molar-refractivity contribution < 1.29 is 9.50 Å². The summed E-state index contributed by atoms with van der Waals surface area (Å²) in [6.45, 7) is -0.629. The molecule has 148 valence electrons. The second kappa shape index (κ2) is 8.59. The number of fused-ring (bicyclic) bond motifs is 1. The van der Waals surface area contributed by atoms with Gasteiger partial charge < -0.3 is 10.4 Å². The third-order valence-electron chi connectivity index (χ3n) is 4.32. The van der Waals surface area contributed by atoms with Gasteiger partial charge in [0.1, 0.15) is 28.4 Å². The van der Waals surface area contributed by atoms with Crippen molar-refractivity contribution >= 4 is 56.4 Å². The van der Waals surface area contributed by atoms with E-state index in [4.69, 9.17) is 23.2 Å². The fourth-order valence-electron chi connectivity index (χ4n) is 2.85. The van der Waals surface area contributed by atoms with E-state index < -0.39 is 6.67 Å². The third kappa shape index (κ3) is 4.33. The van der Waals surface area contributed by atoms with Crippen LogP contribution in [0.2, 0.25) is 10.0 Å². The number of aliphatic hydroxyl groups is 1. The summed E-state index contributed by atoms with van der Waals surface area (Å²) in [5, 5.41) is 14.2. The summed E-state index contributed by atoms with van der Waals surface area (Å²) < 4.78 is 12.7. The van der Waals surface area contributed by atoms with E-state index in [1.165, 1.54) is 17.7 Å². The Morgan fingerprint density at radius 1 is 1.03 bits per heavy atom. The predicted molar refractivity (Wildman–Crippen MR) is 115 cm³/mol. The molecule has 2 N–H and O–H groups in total. The number of hydrogen-bond acceptors (Lipinski definition) is 6. The zero-order valence-corrected chi connectivity index (χ0v) is 17.3. The highest BCUT2D eigenvalue weighted by Crippen LogP contribution is 2.33. The molecule has 0 atom stereocenters. The first kappa shape index (κ1) is 20.0. The molecule has 0 bridgehead atoms. The smallest absolute Gasteiger partial charge is 0.161 e. The zero-order valence-electron chi connectivity index (χ0n) is 15.0. The summed E-state index contributed by atoms with van der Waals surface area (Å²) in [5.74, 6) is 0.568. The Morgan fingerprint density at radius 2 is 1.76 bits per heavy atom. The highest BCUT2D eigenvalue weighted by atomic mass is 35.5. The molecular formula is C20H15Cl2FN4OS. The fraction of sp³-hybridized carbons (Fsp3) is 0.150. The average Bonchev–Trinajstić information content (AvgIpc) is 3.15. The monoisotopic (exact) mass is 448 g/mol. The standard InChI is InChI=1S/C20H15Cl2FN4OS/c21-15-5-12(9-28)6-16(22)14(15)7-17-27-18-19(24-10-25-20(18)29-17)26-13-3-1-11(8-23)2-4-13/h1-6,10,28H,7-9H2,(H,24,25,26). The summed E-state index contributed by atoms with van der Waals surface area (Å²) >= 11 is 14.1. The van der Waals surface area contributed by atoms with E-state index in [0.29, 0.717) is 38.9 Å². The van der Waals surface area contributed by atoms with E-state index in [9.17, 15) is 9.50 Å². The van der Waals surface area contributed by atoms with E-state index in [2.05, 4.69) is 20.3 Å². The predicted octanol–water partition coefficient (Wildman–Crippen LogP) is 5.69. The summed E-state index contributed by atoms with van der Waals surface area (Å²) in [6.07, 6.45) is 1.91. The molecule has 0 spiro atoms. The molecule has 4 aromatic rings. The van der Waals surface area contributed by atoms with Crippen LogP contribution in [0.3, 0.4) is 0 Å². The lowest BCUT2D eigenvalue weighted by molar-refractivity contribution is 0.282. The molecule has 2 aromatic heterocycles. The van der Waals surface area contributed by atoms with Gasteiger partial charge >= 0.3 is 0 Å². The Labute approximate surface area is 180 Å². The number of alkyl halides is 1. The molecule has 0 aliphatic rings. The highest BCUT2D eigenvalue weighted by Gasteiger charge is 2.15. The summed E-state index contributed by atoms with van der Waals surface area (Å²) in [7, 11) is 0. The molecule has 0 saturated carbocycles. The Morgan fingerprint density at radius 3 is 2.41 bits per heavy atom. The lowest BCUT2D eigenvalue weighted by Crippen LogP contribution is -1.96. The first-order valence-corrected chi connectivity index (χ1v) is 10.2. The topological polar surface area (TPSA) is 70.9 Å². The van der Waals surface area contributed by atoms with E-state index >= 15 is 0 Å². The number of nitrogens with one attached hydrogen (secondary N) is 1. The van der Waals surface area contributed by atoms with Crippen molar-refractivity contribution in [2.24, 2.45) is 0 Å². The van der Waals surface area contributed by atoms with Gasteiger partial charge in [-0.15, -0.1) is 0 Å². The van der Waals surface area contributed by atoms with Crippen LogP contribution in [0.25, 0.3) is 10.3 Å². The van der Waals surface area contributed by atoms with Crippen LogP contribution < -0.4 is 5.32 Å². The molecule has 9 heteroatoms. The number of halogens is 3. The number of aliphatic hydroxyl groups excluding tert-OH is 1. The maximum atomic E-state index is 12.7. The second-order valence-corrected chi connectivity index (χ2v) is 8.19. The lowest BCUT2D eigenvalue weighted by Gasteiger charge is -2.07. The molecule has 2 aromatic carbocycles. The Hall–Kier alpha value is -2.32. The fourth-order valence-corrected chi connectivity index (χ4v) is 4.43. The second-order valence-electron chi connectivity index (χ2n) is 6.31. The van der Waals surface area contributed by atoms with Crippen LogP contribution in [0.1, 0.15) is 21.7 Å². The number of rotatable bonds is 6. The van der Waals surface area contributed by atoms with Crippen molar-refractivity contribution in [1.29, 1.82) is 0 Å². The SMILES string of the molecule is OCc1cc(Cl)c(Cc2nc3c(Nc4ccc(CF)cc4)ncnc3s2)c(Cl)c1. The molecular weight excluding hydrogens is 434 g/mol. The van der Waals surface area contributed by atoms with Crippen LogP contribution in [-0.4, -0.2) is 20.1 Å². The van der Waals surface area contributed by atoms with Gasteiger partial charge in [0.25, 0.3) is 0 Å². The van der Waals surface area contributed by atoms with Crippen molar-refractivity contribution in [2.75, 3.05) is 5.32 Å². The molecule has 5 nitrogen and oxygen atoms in total. The normalized spacial score (nSPS) is 11.2. The molecule has 0 saturated heterocycles. The minimum absolute atomic E-state index is 0.127. The van der Waals surface area contributed by atoms with Crippen molar-refractivity contribution in [3.05, 3.63) is 74.5 Å². The van der Waals surface area contributed by atoms with Gasteiger partial charge in [0.05, 0.1) is 6.61 Å². The minimum atomic E-state index is -0.502. The number of benzene rings is 2. The molecule has 0 unspecified atom stereocenters. The van der Waals surface area contributed by atoms with Crippen molar-refractivity contribution in [1.82, 2.24) is 15.0 Å². The van der Waals surface area contributed by atoms with Crippen molar-refractivity contribution in [3.8, 4) is 0 Å². The molecule has 0 radical (unpaired) electrons. The molecule has 0 aliphatic carbocycles. The van der Waals surface area contributed by atoms with E-state index in [1.54, 1.807) is 36.4 Å². The summed E-state index contributed by atoms with van der Waals surface area (Å²) in [6, 6.07) is 10.4. The molecule has 0 aliphatic heterocycles. The maximum absolute atomic E-state index is 12.7. The summed E-state index contributed by atoms with van der Waals surface area (Å²) in [5.41, 5.74) is 3.43. The van der Waals surface area contributed by atoms with Gasteiger partial charge in [0.15, 0.2) is 5.82 Å². The van der Waals surface area contributed by atoms with Gasteiger partial charge in [0.2, 0.25) is 0 Å². The highest BCUT2D eigenvalue weighted by molar-refractivity contribution is 7.18. The molecule has 4 rings (SSSR count). The summed E-state index contributed by atoms with van der Waals surface area (Å²) in [4.78, 5) is 14.0. The molecule has 0 fully saturated rings. The molecule has 2 heterocycles. The van der Waals surface area contributed by atoms with Gasteiger partial charge in [-0.25, -0.2) is 19.3 Å². The van der Waals surface area contributed by atoms with E-state index in [0.717, 1.165) is 21.1 Å². The first-order chi connectivity index (χ1) is 14.1. The van der Waals surface area contributed by atoms with Gasteiger partial charge in [-0.1, -0.05) is 46.7 Å². The van der Waals surface area contributed by atoms with Crippen molar-refractivity contribution in [2.45, 2.75) is 19.7 Å². The minimum Gasteiger partial charge on any atom is -0.392 e. The van der Waals surface area contributed by atoms with Crippen LogP contribution in [0.5, 0.6) is 0 Å². The van der Waals surface area contributed by atoms with Gasteiger partial charge in [0, 0.05) is 22.2 Å².